The van der Waals surface area contributed by atoms with Crippen molar-refractivity contribution in [2.24, 2.45) is 0 Å². The first kappa shape index (κ1) is 16.5. The zero-order chi connectivity index (χ0) is 16.8. The number of allylic oxidation sites excluding steroid dienone is 1. The number of hydrogen-bond donors (Lipinski definition) is 0. The molecule has 0 amide bonds. The van der Waals surface area contributed by atoms with Crippen LogP contribution in [0.4, 0.5) is 4.39 Å². The van der Waals surface area contributed by atoms with Crippen molar-refractivity contribution in [3.05, 3.63) is 59.4 Å². The Morgan fingerprint density at radius 1 is 0.957 bits per heavy atom. The number of halogens is 1. The van der Waals surface area contributed by atoms with Crippen LogP contribution >= 0.6 is 0 Å². The smallest absolute Gasteiger partial charge is 0.185 e. The third-order valence-corrected chi connectivity index (χ3v) is 3.24. The predicted octanol–water partition coefficient (Wildman–Crippen LogP) is 3.75. The SMILES string of the molecule is COc1cc(/C=C/C(=O)c2ccc(OC)c(F)c2)cc(OC)c1. The van der Waals surface area contributed by atoms with E-state index in [1.54, 1.807) is 38.5 Å². The highest BCUT2D eigenvalue weighted by Gasteiger charge is 2.08. The second-order valence-corrected chi connectivity index (χ2v) is 4.69. The van der Waals surface area contributed by atoms with Crippen molar-refractivity contribution in [1.29, 1.82) is 0 Å². The van der Waals surface area contributed by atoms with E-state index in [0.717, 1.165) is 11.6 Å². The van der Waals surface area contributed by atoms with Gasteiger partial charge in [-0.05, 0) is 42.0 Å². The summed E-state index contributed by atoms with van der Waals surface area (Å²) in [6, 6.07) is 9.35. The minimum absolute atomic E-state index is 0.100. The summed E-state index contributed by atoms with van der Waals surface area (Å²) in [7, 11) is 4.47. The molecule has 4 nitrogen and oxygen atoms in total. The van der Waals surface area contributed by atoms with Crippen LogP contribution < -0.4 is 14.2 Å². The first-order chi connectivity index (χ1) is 11.1. The lowest BCUT2D eigenvalue weighted by Gasteiger charge is -2.06. The molecule has 120 valence electrons. The fraction of sp³-hybridized carbons (Fsp3) is 0.167. The number of benzene rings is 2. The van der Waals surface area contributed by atoms with Gasteiger partial charge in [-0.3, -0.25) is 4.79 Å². The lowest BCUT2D eigenvalue weighted by Crippen LogP contribution is -1.97. The van der Waals surface area contributed by atoms with Gasteiger partial charge < -0.3 is 14.2 Å². The highest BCUT2D eigenvalue weighted by Crippen LogP contribution is 2.23. The summed E-state index contributed by atoms with van der Waals surface area (Å²) in [5.74, 6) is 0.449. The van der Waals surface area contributed by atoms with E-state index in [2.05, 4.69) is 0 Å². The van der Waals surface area contributed by atoms with Crippen molar-refractivity contribution in [2.45, 2.75) is 0 Å². The van der Waals surface area contributed by atoms with Crippen LogP contribution in [0.2, 0.25) is 0 Å². The van der Waals surface area contributed by atoms with Gasteiger partial charge in [0.1, 0.15) is 11.5 Å². The van der Waals surface area contributed by atoms with Crippen molar-refractivity contribution in [3.63, 3.8) is 0 Å². The molecule has 5 heteroatoms. The number of hydrogen-bond acceptors (Lipinski definition) is 4. The van der Waals surface area contributed by atoms with Crippen LogP contribution in [0.15, 0.2) is 42.5 Å². The summed E-state index contributed by atoms with van der Waals surface area (Å²) >= 11 is 0. The van der Waals surface area contributed by atoms with E-state index in [-0.39, 0.29) is 17.1 Å². The molecule has 0 atom stereocenters. The summed E-state index contributed by atoms with van der Waals surface area (Å²) in [5, 5.41) is 0. The Balaban J connectivity index is 2.22. The van der Waals surface area contributed by atoms with Crippen LogP contribution in [0.25, 0.3) is 6.08 Å². The van der Waals surface area contributed by atoms with Gasteiger partial charge in [0, 0.05) is 11.6 Å². The fourth-order valence-corrected chi connectivity index (χ4v) is 2.01. The topological polar surface area (TPSA) is 44.8 Å². The Bertz CT molecular complexity index is 716. The summed E-state index contributed by atoms with van der Waals surface area (Å²) in [6.07, 6.45) is 2.99. The minimum Gasteiger partial charge on any atom is -0.497 e. The quantitative estimate of drug-likeness (QED) is 0.601. The molecule has 0 saturated carbocycles. The second kappa shape index (κ2) is 7.45. The largest absolute Gasteiger partial charge is 0.497 e. The molecule has 2 aromatic rings. The minimum atomic E-state index is -0.574. The van der Waals surface area contributed by atoms with Gasteiger partial charge in [-0.15, -0.1) is 0 Å². The van der Waals surface area contributed by atoms with Gasteiger partial charge in [-0.25, -0.2) is 4.39 Å². The molecule has 0 radical (unpaired) electrons. The van der Waals surface area contributed by atoms with Crippen LogP contribution in [0, 0.1) is 5.82 Å². The molecule has 0 saturated heterocycles. The average Bonchev–Trinajstić information content (AvgIpc) is 2.59. The number of rotatable bonds is 6. The van der Waals surface area contributed by atoms with Gasteiger partial charge in [0.05, 0.1) is 21.3 Å². The summed E-state index contributed by atoms with van der Waals surface area (Å²) in [4.78, 5) is 12.1. The van der Waals surface area contributed by atoms with E-state index in [9.17, 15) is 9.18 Å². The molecule has 0 aliphatic carbocycles. The number of carbonyl (C=O) groups is 1. The van der Waals surface area contributed by atoms with Gasteiger partial charge in [0.25, 0.3) is 0 Å². The Labute approximate surface area is 134 Å². The maximum Gasteiger partial charge on any atom is 0.185 e. The second-order valence-electron chi connectivity index (χ2n) is 4.69. The first-order valence-corrected chi connectivity index (χ1v) is 6.86. The van der Waals surface area contributed by atoms with Crippen molar-refractivity contribution >= 4 is 11.9 Å². The Hall–Kier alpha value is -2.82. The highest BCUT2D eigenvalue weighted by atomic mass is 19.1. The molecule has 23 heavy (non-hydrogen) atoms. The Kier molecular flexibility index (Phi) is 5.36. The Morgan fingerprint density at radius 2 is 1.61 bits per heavy atom. The molecule has 0 bridgehead atoms. The standard InChI is InChI=1S/C18H17FO4/c1-21-14-8-12(9-15(11-14)22-2)4-6-17(20)13-5-7-18(23-3)16(19)10-13/h4-11H,1-3H3/b6-4+. The summed E-state index contributed by atoms with van der Waals surface area (Å²) < 4.78 is 28.8. The lowest BCUT2D eigenvalue weighted by atomic mass is 10.1. The van der Waals surface area contributed by atoms with E-state index in [1.165, 1.54) is 25.3 Å². The number of ketones is 1. The van der Waals surface area contributed by atoms with Crippen molar-refractivity contribution < 1.29 is 23.4 Å². The molecule has 0 aliphatic heterocycles. The van der Waals surface area contributed by atoms with Crippen molar-refractivity contribution in [2.75, 3.05) is 21.3 Å². The van der Waals surface area contributed by atoms with E-state index in [4.69, 9.17) is 14.2 Å². The summed E-state index contributed by atoms with van der Waals surface area (Å²) in [5.41, 5.74) is 0.984. The monoisotopic (exact) mass is 316 g/mol. The number of methoxy groups -OCH3 is 3. The lowest BCUT2D eigenvalue weighted by molar-refractivity contribution is 0.104. The fourth-order valence-electron chi connectivity index (χ4n) is 2.01. The molecular weight excluding hydrogens is 299 g/mol. The van der Waals surface area contributed by atoms with Gasteiger partial charge in [0.2, 0.25) is 0 Å². The maximum absolute atomic E-state index is 13.6. The Morgan fingerprint density at radius 3 is 2.13 bits per heavy atom. The zero-order valence-corrected chi connectivity index (χ0v) is 13.1. The van der Waals surface area contributed by atoms with Crippen LogP contribution in [-0.4, -0.2) is 27.1 Å². The molecule has 2 rings (SSSR count). The number of ether oxygens (including phenoxy) is 3. The molecule has 0 unspecified atom stereocenters. The third-order valence-electron chi connectivity index (χ3n) is 3.24. The van der Waals surface area contributed by atoms with Crippen LogP contribution in [-0.2, 0) is 0 Å². The van der Waals surface area contributed by atoms with Crippen LogP contribution in [0.3, 0.4) is 0 Å². The van der Waals surface area contributed by atoms with Gasteiger partial charge >= 0.3 is 0 Å². The van der Waals surface area contributed by atoms with Crippen molar-refractivity contribution in [1.82, 2.24) is 0 Å². The molecule has 0 fully saturated rings. The third kappa shape index (κ3) is 4.10. The molecule has 0 aliphatic rings. The highest BCUT2D eigenvalue weighted by molar-refractivity contribution is 6.06. The molecule has 0 spiro atoms. The van der Waals surface area contributed by atoms with E-state index in [0.29, 0.717) is 11.5 Å². The van der Waals surface area contributed by atoms with Crippen LogP contribution in [0.1, 0.15) is 15.9 Å². The van der Waals surface area contributed by atoms with Gasteiger partial charge in [-0.2, -0.15) is 0 Å². The molecule has 0 aromatic heterocycles. The zero-order valence-electron chi connectivity index (χ0n) is 13.1. The van der Waals surface area contributed by atoms with E-state index in [1.807, 2.05) is 0 Å². The predicted molar refractivity (Wildman–Crippen MR) is 85.9 cm³/mol. The number of carbonyl (C=O) groups excluding carboxylic acids is 1. The average molecular weight is 316 g/mol. The van der Waals surface area contributed by atoms with Crippen LogP contribution in [0.5, 0.6) is 17.2 Å². The van der Waals surface area contributed by atoms with Crippen molar-refractivity contribution in [3.8, 4) is 17.2 Å². The van der Waals surface area contributed by atoms with E-state index < -0.39 is 5.82 Å². The van der Waals surface area contributed by atoms with E-state index >= 15 is 0 Å². The van der Waals surface area contributed by atoms with Gasteiger partial charge in [-0.1, -0.05) is 6.08 Å². The van der Waals surface area contributed by atoms with Gasteiger partial charge in [0.15, 0.2) is 17.3 Å². The summed E-state index contributed by atoms with van der Waals surface area (Å²) in [6.45, 7) is 0. The maximum atomic E-state index is 13.6. The molecule has 0 N–H and O–H groups in total. The first-order valence-electron chi connectivity index (χ1n) is 6.86. The molecule has 0 heterocycles. The molecular formula is C18H17FO4. The molecule has 2 aromatic carbocycles. The normalized spacial score (nSPS) is 10.6.